The van der Waals surface area contributed by atoms with Gasteiger partial charge >= 0.3 is 5.97 Å². The Bertz CT molecular complexity index is 361. The molecule has 0 saturated heterocycles. The summed E-state index contributed by atoms with van der Waals surface area (Å²) < 4.78 is 5.05. The number of rotatable bonds is 6. The van der Waals surface area contributed by atoms with Crippen molar-refractivity contribution in [1.29, 1.82) is 0 Å². The lowest BCUT2D eigenvalue weighted by molar-refractivity contribution is -0.138. The number of hydrogen-bond acceptors (Lipinski definition) is 4. The number of carboxylic acid groups (broad SMARTS) is 1. The number of carbonyl (C=O) groups is 2. The molecular formula is C11H13NO4. The molecule has 1 aromatic rings. The van der Waals surface area contributed by atoms with Crippen LogP contribution < -0.4 is 10.5 Å². The van der Waals surface area contributed by atoms with Crippen LogP contribution in [0.3, 0.4) is 0 Å². The van der Waals surface area contributed by atoms with Gasteiger partial charge in [0.05, 0.1) is 0 Å². The predicted molar refractivity (Wildman–Crippen MR) is 57.3 cm³/mol. The first-order chi connectivity index (χ1) is 7.63. The first-order valence-corrected chi connectivity index (χ1v) is 4.77. The first-order valence-electron chi connectivity index (χ1n) is 4.77. The van der Waals surface area contributed by atoms with Crippen LogP contribution >= 0.6 is 0 Å². The fourth-order valence-electron chi connectivity index (χ4n) is 1.19. The van der Waals surface area contributed by atoms with Gasteiger partial charge in [-0.25, -0.2) is 0 Å². The Kier molecular flexibility index (Phi) is 4.47. The van der Waals surface area contributed by atoms with Crippen LogP contribution in [0, 0.1) is 0 Å². The second-order valence-corrected chi connectivity index (χ2v) is 3.27. The van der Waals surface area contributed by atoms with Crippen molar-refractivity contribution in [2.45, 2.75) is 12.5 Å². The van der Waals surface area contributed by atoms with E-state index >= 15 is 0 Å². The van der Waals surface area contributed by atoms with E-state index in [2.05, 4.69) is 0 Å². The third-order valence-electron chi connectivity index (χ3n) is 2.01. The average molecular weight is 223 g/mol. The number of hydrogen-bond donors (Lipinski definition) is 2. The Morgan fingerprint density at radius 3 is 2.56 bits per heavy atom. The van der Waals surface area contributed by atoms with Crippen molar-refractivity contribution >= 4 is 12.3 Å². The van der Waals surface area contributed by atoms with Gasteiger partial charge in [0.25, 0.3) is 0 Å². The topological polar surface area (TPSA) is 89.6 Å². The number of nitrogens with two attached hydrogens (primary N) is 1. The highest BCUT2D eigenvalue weighted by atomic mass is 16.5. The van der Waals surface area contributed by atoms with Crippen molar-refractivity contribution in [2.24, 2.45) is 5.73 Å². The summed E-state index contributed by atoms with van der Waals surface area (Å²) in [5.41, 5.74) is 6.20. The number of ether oxygens (including phenoxy) is 1. The summed E-state index contributed by atoms with van der Waals surface area (Å²) in [5, 5.41) is 8.63. The van der Waals surface area contributed by atoms with Gasteiger partial charge in [0.15, 0.2) is 6.29 Å². The van der Waals surface area contributed by atoms with Gasteiger partial charge in [-0.1, -0.05) is 12.1 Å². The van der Waals surface area contributed by atoms with E-state index in [1.54, 1.807) is 24.3 Å². The van der Waals surface area contributed by atoms with Crippen molar-refractivity contribution in [3.05, 3.63) is 29.8 Å². The maximum Gasteiger partial charge on any atom is 0.320 e. The van der Waals surface area contributed by atoms with Crippen molar-refractivity contribution in [3.8, 4) is 5.75 Å². The molecule has 0 fully saturated rings. The lowest BCUT2D eigenvalue weighted by Gasteiger charge is -2.07. The van der Waals surface area contributed by atoms with Crippen LogP contribution in [-0.2, 0) is 16.0 Å². The van der Waals surface area contributed by atoms with Gasteiger partial charge in [0, 0.05) is 0 Å². The molecule has 0 spiro atoms. The molecule has 0 aliphatic carbocycles. The highest BCUT2D eigenvalue weighted by molar-refractivity contribution is 5.73. The van der Waals surface area contributed by atoms with E-state index in [9.17, 15) is 9.59 Å². The van der Waals surface area contributed by atoms with Gasteiger partial charge in [-0.15, -0.1) is 0 Å². The summed E-state index contributed by atoms with van der Waals surface area (Å²) in [6.07, 6.45) is 0.928. The molecule has 3 N–H and O–H groups in total. The number of aldehydes is 1. The second kappa shape index (κ2) is 5.87. The van der Waals surface area contributed by atoms with E-state index in [1.807, 2.05) is 0 Å². The van der Waals surface area contributed by atoms with E-state index in [1.165, 1.54) is 0 Å². The summed E-state index contributed by atoms with van der Waals surface area (Å²) in [7, 11) is 0. The molecule has 0 radical (unpaired) electrons. The molecule has 0 saturated carbocycles. The van der Waals surface area contributed by atoms with Gasteiger partial charge in [0.2, 0.25) is 0 Å². The summed E-state index contributed by atoms with van der Waals surface area (Å²) in [6.45, 7) is 0.00792. The highest BCUT2D eigenvalue weighted by Crippen LogP contribution is 2.12. The Labute approximate surface area is 92.8 Å². The molecule has 86 valence electrons. The minimum atomic E-state index is -1.03. The fraction of sp³-hybridized carbons (Fsp3) is 0.273. The number of aliphatic carboxylic acids is 1. The maximum atomic E-state index is 10.5. The molecule has 1 atom stereocenters. The maximum absolute atomic E-state index is 10.5. The number of carboxylic acids is 1. The van der Waals surface area contributed by atoms with Crippen LogP contribution in [-0.4, -0.2) is 30.0 Å². The average Bonchev–Trinajstić information content (AvgIpc) is 2.28. The number of carbonyl (C=O) groups excluding carboxylic acids is 1. The quantitative estimate of drug-likeness (QED) is 0.673. The normalized spacial score (nSPS) is 11.8. The van der Waals surface area contributed by atoms with Crippen LogP contribution in [0.2, 0.25) is 0 Å². The molecule has 0 bridgehead atoms. The van der Waals surface area contributed by atoms with Gasteiger partial charge in [0.1, 0.15) is 18.4 Å². The molecule has 16 heavy (non-hydrogen) atoms. The smallest absolute Gasteiger partial charge is 0.320 e. The molecule has 0 amide bonds. The van der Waals surface area contributed by atoms with Gasteiger partial charge < -0.3 is 15.6 Å². The lowest BCUT2D eigenvalue weighted by Crippen LogP contribution is -2.32. The second-order valence-electron chi connectivity index (χ2n) is 3.27. The zero-order valence-electron chi connectivity index (χ0n) is 8.63. The molecule has 1 rings (SSSR count). The third kappa shape index (κ3) is 3.70. The molecule has 5 nitrogen and oxygen atoms in total. The SMILES string of the molecule is NC(Cc1ccc(OCC=O)cc1)C(=O)O. The van der Waals surface area contributed by atoms with Crippen LogP contribution in [0.4, 0.5) is 0 Å². The van der Waals surface area contributed by atoms with E-state index in [4.69, 9.17) is 15.6 Å². The minimum Gasteiger partial charge on any atom is -0.486 e. The van der Waals surface area contributed by atoms with Gasteiger partial charge in [-0.3, -0.25) is 9.59 Å². The molecule has 0 aromatic heterocycles. The van der Waals surface area contributed by atoms with Gasteiger partial charge in [-0.05, 0) is 24.1 Å². The molecule has 5 heteroatoms. The van der Waals surface area contributed by atoms with Crippen LogP contribution in [0.1, 0.15) is 5.56 Å². The molecule has 0 aliphatic rings. The highest BCUT2D eigenvalue weighted by Gasteiger charge is 2.11. The van der Waals surface area contributed by atoms with Crippen LogP contribution in [0.5, 0.6) is 5.75 Å². The molecule has 1 unspecified atom stereocenters. The predicted octanol–water partition coefficient (Wildman–Crippen LogP) is 0.219. The van der Waals surface area contributed by atoms with Gasteiger partial charge in [-0.2, -0.15) is 0 Å². The number of benzene rings is 1. The largest absolute Gasteiger partial charge is 0.486 e. The molecule has 0 heterocycles. The minimum absolute atomic E-state index is 0.00792. The third-order valence-corrected chi connectivity index (χ3v) is 2.01. The summed E-state index contributed by atoms with van der Waals surface area (Å²) in [4.78, 5) is 20.6. The van der Waals surface area contributed by atoms with Crippen LogP contribution in [0.25, 0.3) is 0 Å². The molecule has 0 aliphatic heterocycles. The van der Waals surface area contributed by atoms with E-state index < -0.39 is 12.0 Å². The molecular weight excluding hydrogens is 210 g/mol. The zero-order chi connectivity index (χ0) is 12.0. The van der Waals surface area contributed by atoms with E-state index in [0.717, 1.165) is 5.56 Å². The Morgan fingerprint density at radius 2 is 2.06 bits per heavy atom. The van der Waals surface area contributed by atoms with Crippen molar-refractivity contribution in [3.63, 3.8) is 0 Å². The van der Waals surface area contributed by atoms with E-state index in [0.29, 0.717) is 12.0 Å². The summed E-state index contributed by atoms with van der Waals surface area (Å²) in [6, 6.07) is 5.90. The monoisotopic (exact) mass is 223 g/mol. The summed E-state index contributed by atoms with van der Waals surface area (Å²) >= 11 is 0. The standard InChI is InChI=1S/C11H13NO4/c12-10(11(14)15)7-8-1-3-9(4-2-8)16-6-5-13/h1-5,10H,6-7,12H2,(H,14,15). The van der Waals surface area contributed by atoms with Crippen molar-refractivity contribution < 1.29 is 19.4 Å². The van der Waals surface area contributed by atoms with Crippen LogP contribution in [0.15, 0.2) is 24.3 Å². The summed E-state index contributed by atoms with van der Waals surface area (Å²) in [5.74, 6) is -0.457. The zero-order valence-corrected chi connectivity index (χ0v) is 8.63. The fourth-order valence-corrected chi connectivity index (χ4v) is 1.19. The van der Waals surface area contributed by atoms with Crippen molar-refractivity contribution in [1.82, 2.24) is 0 Å². The lowest BCUT2D eigenvalue weighted by atomic mass is 10.1. The Hall–Kier alpha value is -1.88. The van der Waals surface area contributed by atoms with Crippen molar-refractivity contribution in [2.75, 3.05) is 6.61 Å². The van der Waals surface area contributed by atoms with E-state index in [-0.39, 0.29) is 13.0 Å². The molecule has 1 aromatic carbocycles. The Balaban J connectivity index is 2.57. The Morgan fingerprint density at radius 1 is 1.44 bits per heavy atom. The first kappa shape index (κ1) is 12.2.